The molecule has 116 valence electrons. The van der Waals surface area contributed by atoms with Crippen molar-refractivity contribution in [1.82, 2.24) is 15.2 Å². The first-order chi connectivity index (χ1) is 11.1. The Kier molecular flexibility index (Phi) is 4.39. The molecule has 5 nitrogen and oxygen atoms in total. The fourth-order valence-corrected chi connectivity index (χ4v) is 2.51. The summed E-state index contributed by atoms with van der Waals surface area (Å²) >= 11 is 6.08. The first kappa shape index (κ1) is 15.2. The zero-order valence-corrected chi connectivity index (χ0v) is 13.2. The van der Waals surface area contributed by atoms with Gasteiger partial charge in [0.05, 0.1) is 23.6 Å². The molecule has 2 N–H and O–H groups in total. The molecular weight excluding hydrogens is 312 g/mol. The van der Waals surface area contributed by atoms with Gasteiger partial charge in [0, 0.05) is 6.20 Å². The third-order valence-electron chi connectivity index (χ3n) is 3.45. The number of aryl methyl sites for hydroxylation is 1. The Balaban J connectivity index is 2.06. The molecule has 3 aromatic rings. The number of nitrogens with one attached hydrogen (secondary N) is 2. The minimum atomic E-state index is -0.430. The summed E-state index contributed by atoms with van der Waals surface area (Å²) in [6, 6.07) is 13.6. The zero-order chi connectivity index (χ0) is 16.2. The SMILES string of the molecule is Cc1cccc(C(Nc2cn[nH]c(=O)c2Cl)c2ccccn2)c1. The van der Waals surface area contributed by atoms with Gasteiger partial charge in [-0.05, 0) is 24.6 Å². The fourth-order valence-electron chi connectivity index (χ4n) is 2.36. The lowest BCUT2D eigenvalue weighted by Gasteiger charge is -2.20. The van der Waals surface area contributed by atoms with Crippen LogP contribution in [0, 0.1) is 6.92 Å². The van der Waals surface area contributed by atoms with Gasteiger partial charge in [-0.25, -0.2) is 5.10 Å². The molecule has 1 atom stereocenters. The number of hydrogen-bond donors (Lipinski definition) is 2. The van der Waals surface area contributed by atoms with E-state index in [0.717, 1.165) is 16.8 Å². The van der Waals surface area contributed by atoms with Crippen LogP contribution in [0.3, 0.4) is 0 Å². The minimum absolute atomic E-state index is 0.0774. The summed E-state index contributed by atoms with van der Waals surface area (Å²) in [5, 5.41) is 9.46. The van der Waals surface area contributed by atoms with Gasteiger partial charge in [0.2, 0.25) is 0 Å². The highest BCUT2D eigenvalue weighted by Crippen LogP contribution is 2.27. The van der Waals surface area contributed by atoms with E-state index >= 15 is 0 Å². The molecule has 2 heterocycles. The van der Waals surface area contributed by atoms with Crippen molar-refractivity contribution in [3.05, 3.63) is 87.1 Å². The number of pyridine rings is 1. The quantitative estimate of drug-likeness (QED) is 0.771. The predicted molar refractivity (Wildman–Crippen MR) is 90.7 cm³/mol. The van der Waals surface area contributed by atoms with Crippen molar-refractivity contribution in [3.8, 4) is 0 Å². The maximum atomic E-state index is 11.6. The first-order valence-corrected chi connectivity index (χ1v) is 7.50. The molecule has 1 aromatic carbocycles. The van der Waals surface area contributed by atoms with Crippen LogP contribution in [0.15, 0.2) is 59.7 Å². The number of hydrogen-bond acceptors (Lipinski definition) is 4. The summed E-state index contributed by atoms with van der Waals surface area (Å²) in [5.41, 5.74) is 3.03. The van der Waals surface area contributed by atoms with Crippen LogP contribution in [0.1, 0.15) is 22.9 Å². The molecule has 1 unspecified atom stereocenters. The van der Waals surface area contributed by atoms with E-state index in [-0.39, 0.29) is 11.1 Å². The van der Waals surface area contributed by atoms with Gasteiger partial charge >= 0.3 is 0 Å². The number of anilines is 1. The largest absolute Gasteiger partial charge is 0.370 e. The summed E-state index contributed by atoms with van der Waals surface area (Å²) in [4.78, 5) is 16.1. The molecule has 0 saturated heterocycles. The van der Waals surface area contributed by atoms with Crippen molar-refractivity contribution in [2.75, 3.05) is 5.32 Å². The van der Waals surface area contributed by atoms with Gasteiger partial charge < -0.3 is 5.32 Å². The van der Waals surface area contributed by atoms with Crippen LogP contribution in [0.4, 0.5) is 5.69 Å². The van der Waals surface area contributed by atoms with E-state index in [1.807, 2.05) is 43.3 Å². The molecular formula is C17H15ClN4O. The van der Waals surface area contributed by atoms with E-state index in [1.165, 1.54) is 6.20 Å². The first-order valence-electron chi connectivity index (χ1n) is 7.12. The molecule has 0 aliphatic heterocycles. The smallest absolute Gasteiger partial charge is 0.285 e. The number of rotatable bonds is 4. The topological polar surface area (TPSA) is 70.7 Å². The van der Waals surface area contributed by atoms with Gasteiger partial charge in [0.15, 0.2) is 0 Å². The molecule has 0 fully saturated rings. The second kappa shape index (κ2) is 6.62. The summed E-state index contributed by atoms with van der Waals surface area (Å²) in [7, 11) is 0. The maximum Gasteiger partial charge on any atom is 0.285 e. The summed E-state index contributed by atoms with van der Waals surface area (Å²) in [6.45, 7) is 2.03. The maximum absolute atomic E-state index is 11.6. The Morgan fingerprint density at radius 3 is 2.83 bits per heavy atom. The number of aromatic amines is 1. The van der Waals surface area contributed by atoms with E-state index in [0.29, 0.717) is 5.69 Å². The van der Waals surface area contributed by atoms with Crippen molar-refractivity contribution in [3.63, 3.8) is 0 Å². The number of aromatic nitrogens is 3. The van der Waals surface area contributed by atoms with Crippen LogP contribution in [-0.2, 0) is 0 Å². The van der Waals surface area contributed by atoms with Crippen molar-refractivity contribution < 1.29 is 0 Å². The van der Waals surface area contributed by atoms with Crippen molar-refractivity contribution in [2.24, 2.45) is 0 Å². The lowest BCUT2D eigenvalue weighted by molar-refractivity contribution is 0.876. The van der Waals surface area contributed by atoms with Crippen LogP contribution in [0.25, 0.3) is 0 Å². The molecule has 0 amide bonds. The second-order valence-electron chi connectivity index (χ2n) is 5.17. The van der Waals surface area contributed by atoms with Gasteiger partial charge in [-0.3, -0.25) is 9.78 Å². The molecule has 0 aliphatic rings. The third-order valence-corrected chi connectivity index (χ3v) is 3.83. The molecule has 2 aromatic heterocycles. The predicted octanol–water partition coefficient (Wildman–Crippen LogP) is 3.33. The summed E-state index contributed by atoms with van der Waals surface area (Å²) in [5.74, 6) is 0. The zero-order valence-electron chi connectivity index (χ0n) is 12.5. The molecule has 0 saturated carbocycles. The molecule has 0 aliphatic carbocycles. The van der Waals surface area contributed by atoms with E-state index in [9.17, 15) is 4.79 Å². The Hall–Kier alpha value is -2.66. The van der Waals surface area contributed by atoms with Gasteiger partial charge in [-0.15, -0.1) is 0 Å². The van der Waals surface area contributed by atoms with Crippen LogP contribution in [0.2, 0.25) is 5.02 Å². The summed E-state index contributed by atoms with van der Waals surface area (Å²) in [6.07, 6.45) is 3.23. The number of nitrogens with zero attached hydrogens (tertiary/aromatic N) is 2. The number of H-pyrrole nitrogens is 1. The lowest BCUT2D eigenvalue weighted by Crippen LogP contribution is -2.17. The highest BCUT2D eigenvalue weighted by Gasteiger charge is 2.17. The number of benzene rings is 1. The Bertz CT molecular complexity index is 864. The Morgan fingerprint density at radius 1 is 1.22 bits per heavy atom. The van der Waals surface area contributed by atoms with E-state index in [1.54, 1.807) is 6.20 Å². The Morgan fingerprint density at radius 2 is 2.09 bits per heavy atom. The van der Waals surface area contributed by atoms with E-state index < -0.39 is 5.56 Å². The van der Waals surface area contributed by atoms with Crippen LogP contribution < -0.4 is 10.9 Å². The molecule has 6 heteroatoms. The van der Waals surface area contributed by atoms with Crippen molar-refractivity contribution in [2.45, 2.75) is 13.0 Å². The minimum Gasteiger partial charge on any atom is -0.370 e. The normalized spacial score (nSPS) is 11.9. The lowest BCUT2D eigenvalue weighted by atomic mass is 10.0. The van der Waals surface area contributed by atoms with E-state index in [2.05, 4.69) is 26.6 Å². The van der Waals surface area contributed by atoms with Gasteiger partial charge in [0.25, 0.3) is 5.56 Å². The van der Waals surface area contributed by atoms with Crippen molar-refractivity contribution in [1.29, 1.82) is 0 Å². The van der Waals surface area contributed by atoms with Gasteiger partial charge in [-0.2, -0.15) is 5.10 Å². The third kappa shape index (κ3) is 3.40. The number of halogens is 1. The second-order valence-corrected chi connectivity index (χ2v) is 5.55. The molecule has 23 heavy (non-hydrogen) atoms. The molecule has 0 spiro atoms. The standard InChI is InChI=1S/C17H15ClN4O/c1-11-5-4-6-12(9-11)16(13-7-2-3-8-19-13)21-14-10-20-22-17(23)15(14)18/h2-10,16H,1H3,(H2,21,22,23). The molecule has 0 bridgehead atoms. The van der Waals surface area contributed by atoms with Crippen molar-refractivity contribution >= 4 is 17.3 Å². The average Bonchev–Trinajstić information content (AvgIpc) is 2.57. The average molecular weight is 327 g/mol. The van der Waals surface area contributed by atoms with Crippen LogP contribution in [-0.4, -0.2) is 15.2 Å². The Labute approximate surface area is 138 Å². The van der Waals surface area contributed by atoms with Crippen LogP contribution >= 0.6 is 11.6 Å². The monoisotopic (exact) mass is 326 g/mol. The van der Waals surface area contributed by atoms with E-state index in [4.69, 9.17) is 11.6 Å². The highest BCUT2D eigenvalue weighted by molar-refractivity contribution is 6.32. The van der Waals surface area contributed by atoms with Gasteiger partial charge in [0.1, 0.15) is 5.02 Å². The molecule has 0 radical (unpaired) electrons. The fraction of sp³-hybridized carbons (Fsp3) is 0.118. The summed E-state index contributed by atoms with van der Waals surface area (Å²) < 4.78 is 0. The highest BCUT2D eigenvalue weighted by atomic mass is 35.5. The van der Waals surface area contributed by atoms with Crippen LogP contribution in [0.5, 0.6) is 0 Å². The van der Waals surface area contributed by atoms with Gasteiger partial charge in [-0.1, -0.05) is 47.5 Å². The molecule has 3 rings (SSSR count).